The van der Waals surface area contributed by atoms with Gasteiger partial charge in [-0.25, -0.2) is 4.98 Å². The van der Waals surface area contributed by atoms with E-state index in [0.717, 1.165) is 134 Å². The van der Waals surface area contributed by atoms with Crippen molar-refractivity contribution in [3.63, 3.8) is 0 Å². The molecule has 0 aliphatic carbocycles. The summed E-state index contributed by atoms with van der Waals surface area (Å²) in [6, 6.07) is 114. The van der Waals surface area contributed by atoms with Gasteiger partial charge in [0.15, 0.2) is 0 Å². The van der Waals surface area contributed by atoms with Gasteiger partial charge >= 0.3 is 0 Å². The fourth-order valence-corrected chi connectivity index (χ4v) is 12.5. The third-order valence-corrected chi connectivity index (χ3v) is 16.5. The molecule has 0 aliphatic rings. The summed E-state index contributed by atoms with van der Waals surface area (Å²) in [7, 11) is 0. The molecule has 0 unspecified atom stereocenters. The van der Waals surface area contributed by atoms with Gasteiger partial charge in [-0.15, -0.1) is 0 Å². The van der Waals surface area contributed by atoms with Crippen LogP contribution in [-0.4, -0.2) is 18.7 Å². The van der Waals surface area contributed by atoms with Gasteiger partial charge in [-0.1, -0.05) is 218 Å². The number of nitrogens with zero attached hydrogens (tertiary/aromatic N) is 5. The highest BCUT2D eigenvalue weighted by molar-refractivity contribution is 6.09. The van der Waals surface area contributed by atoms with Crippen LogP contribution in [0.1, 0.15) is 0 Å². The molecule has 0 radical (unpaired) electrons. The molecule has 0 spiro atoms. The standard InChI is InChI=1S/C80H53N5O/c1-6-24-55(25-7-1)59-46-60(56-26-8-2-9-27-56)49-63(48-59)69-37-23-38-70(64-50-61(57-28-10-3-11-29-57)47-62(51-64)58-30-12-4-13-31-58)79(69)83-54-82(76-42-20-21-43-77(76)83)66-34-22-35-67(52-66)86-68-44-45-72-71-36-16-18-40-74(71)85(78(72)53-68)80-81-73-39-17-19-41-75(73)84(80)65-32-14-5-15-33-65/h1-53H. The molecule has 13 aromatic carbocycles. The maximum atomic E-state index is 6.98. The highest BCUT2D eigenvalue weighted by Gasteiger charge is 2.24. The van der Waals surface area contributed by atoms with E-state index >= 15 is 0 Å². The lowest BCUT2D eigenvalue weighted by molar-refractivity contribution is -0.571. The smallest absolute Gasteiger partial charge is 0.269 e. The van der Waals surface area contributed by atoms with Gasteiger partial charge in [-0.05, 0) is 164 Å². The highest BCUT2D eigenvalue weighted by atomic mass is 16.5. The topological polar surface area (TPSA) is 40.8 Å². The summed E-state index contributed by atoms with van der Waals surface area (Å²) in [4.78, 5) is 5.33. The van der Waals surface area contributed by atoms with Crippen LogP contribution in [0.25, 0.3) is 134 Å². The first-order chi connectivity index (χ1) is 42.6. The van der Waals surface area contributed by atoms with Gasteiger partial charge < -0.3 is 4.74 Å². The van der Waals surface area contributed by atoms with Crippen molar-refractivity contribution in [1.29, 1.82) is 0 Å². The van der Waals surface area contributed by atoms with Crippen LogP contribution >= 0.6 is 0 Å². The Morgan fingerprint density at radius 2 is 0.756 bits per heavy atom. The molecule has 16 aromatic rings. The zero-order chi connectivity index (χ0) is 56.9. The molecule has 0 fully saturated rings. The predicted molar refractivity (Wildman–Crippen MR) is 352 cm³/mol. The van der Waals surface area contributed by atoms with Crippen LogP contribution < -0.4 is 9.30 Å². The number of imidazole rings is 2. The van der Waals surface area contributed by atoms with Gasteiger partial charge in [0.1, 0.15) is 11.5 Å². The molecular weight excluding hydrogens is 1050 g/mol. The van der Waals surface area contributed by atoms with Gasteiger partial charge in [-0.3, -0.25) is 18.3 Å². The summed E-state index contributed by atoms with van der Waals surface area (Å²) in [5.74, 6) is 2.20. The summed E-state index contributed by atoms with van der Waals surface area (Å²) in [5.41, 5.74) is 22.4. The first-order valence-corrected chi connectivity index (χ1v) is 29.1. The Balaban J connectivity index is 0.871. The minimum atomic E-state index is 0.692. The summed E-state index contributed by atoms with van der Waals surface area (Å²) in [6.07, 6.45) is 3.98. The molecule has 0 N–H and O–H groups in total. The quantitative estimate of drug-likeness (QED) is 0.0904. The molecule has 0 amide bonds. The normalized spacial score (nSPS) is 11.5. The SMILES string of the molecule is [c-]1n(-c2cccc(Oc3ccc4c5ccccc5n(-c5nc6ccccc6n5-c5ccccc5)c4c3)c2)c2ccccc2[n+]1-c1c(-c2cc(-c3ccccc3)cc(-c3ccccc3)c2)cccc1-c1cc(-c2ccccc2)cc(-c2ccccc2)c1. The molecule has 3 heterocycles. The van der Waals surface area contributed by atoms with Gasteiger partial charge in [0.25, 0.3) is 6.33 Å². The minimum absolute atomic E-state index is 0.692. The second-order valence-electron chi connectivity index (χ2n) is 21.7. The van der Waals surface area contributed by atoms with Crippen LogP contribution in [0.3, 0.4) is 0 Å². The molecule has 0 atom stereocenters. The number of rotatable bonds is 12. The molecular formula is C80H53N5O. The van der Waals surface area contributed by atoms with Crippen molar-refractivity contribution in [2.75, 3.05) is 0 Å². The van der Waals surface area contributed by atoms with Gasteiger partial charge in [-0.2, -0.15) is 0 Å². The fourth-order valence-electron chi connectivity index (χ4n) is 12.5. The van der Waals surface area contributed by atoms with E-state index in [-0.39, 0.29) is 0 Å². The Kier molecular flexibility index (Phi) is 12.4. The van der Waals surface area contributed by atoms with Crippen molar-refractivity contribution in [1.82, 2.24) is 18.7 Å². The zero-order valence-electron chi connectivity index (χ0n) is 46.7. The summed E-state index contributed by atoms with van der Waals surface area (Å²) < 4.78 is 15.9. The van der Waals surface area contributed by atoms with Crippen molar-refractivity contribution >= 4 is 43.9 Å². The van der Waals surface area contributed by atoms with E-state index in [0.29, 0.717) is 11.5 Å². The molecule has 3 aromatic heterocycles. The molecule has 86 heavy (non-hydrogen) atoms. The van der Waals surface area contributed by atoms with E-state index < -0.39 is 0 Å². The fraction of sp³-hybridized carbons (Fsp3) is 0. The molecule has 404 valence electrons. The Labute approximate surface area is 498 Å². The van der Waals surface area contributed by atoms with E-state index in [1.54, 1.807) is 0 Å². The van der Waals surface area contributed by atoms with Gasteiger partial charge in [0.2, 0.25) is 5.95 Å². The van der Waals surface area contributed by atoms with Crippen LogP contribution in [0.15, 0.2) is 322 Å². The van der Waals surface area contributed by atoms with Crippen molar-refractivity contribution in [3.05, 3.63) is 328 Å². The Hall–Kier alpha value is -11.6. The Bertz CT molecular complexity index is 4920. The van der Waals surface area contributed by atoms with E-state index in [1.807, 2.05) is 18.2 Å². The van der Waals surface area contributed by atoms with E-state index in [2.05, 4.69) is 328 Å². The Morgan fingerprint density at radius 1 is 0.302 bits per heavy atom. The maximum Gasteiger partial charge on any atom is 0.269 e. The van der Waals surface area contributed by atoms with Crippen molar-refractivity contribution in [2.45, 2.75) is 0 Å². The maximum absolute atomic E-state index is 6.98. The van der Waals surface area contributed by atoms with Crippen LogP contribution in [0.5, 0.6) is 11.5 Å². The number of benzene rings is 13. The van der Waals surface area contributed by atoms with Gasteiger partial charge in [0.05, 0.1) is 44.5 Å². The first kappa shape index (κ1) is 50.2. The third kappa shape index (κ3) is 9.01. The second-order valence-corrected chi connectivity index (χ2v) is 21.7. The van der Waals surface area contributed by atoms with Crippen LogP contribution in [-0.2, 0) is 0 Å². The molecule has 0 saturated carbocycles. The van der Waals surface area contributed by atoms with E-state index in [4.69, 9.17) is 9.72 Å². The lowest BCUT2D eigenvalue weighted by Gasteiger charge is -2.20. The minimum Gasteiger partial charge on any atom is -0.458 e. The number of ether oxygens (including phenoxy) is 1. The number of fused-ring (bicyclic) bond motifs is 5. The zero-order valence-corrected chi connectivity index (χ0v) is 46.7. The summed E-state index contributed by atoms with van der Waals surface area (Å²) >= 11 is 0. The van der Waals surface area contributed by atoms with Gasteiger partial charge in [0, 0.05) is 22.5 Å². The number of para-hydroxylation sites is 7. The monoisotopic (exact) mass is 1100 g/mol. The van der Waals surface area contributed by atoms with E-state index in [1.165, 1.54) is 0 Å². The van der Waals surface area contributed by atoms with Crippen LogP contribution in [0, 0.1) is 6.33 Å². The second kappa shape index (κ2) is 21.3. The van der Waals surface area contributed by atoms with Crippen LogP contribution in [0.4, 0.5) is 0 Å². The Morgan fingerprint density at radius 3 is 1.35 bits per heavy atom. The van der Waals surface area contributed by atoms with Crippen molar-refractivity contribution < 1.29 is 9.30 Å². The molecule has 6 nitrogen and oxygen atoms in total. The number of hydrogen-bond acceptors (Lipinski definition) is 2. The van der Waals surface area contributed by atoms with Crippen molar-refractivity contribution in [3.8, 4) is 101 Å². The molecule has 16 rings (SSSR count). The lowest BCUT2D eigenvalue weighted by Crippen LogP contribution is -2.31. The largest absolute Gasteiger partial charge is 0.458 e. The predicted octanol–water partition coefficient (Wildman–Crippen LogP) is 19.9. The highest BCUT2D eigenvalue weighted by Crippen LogP contribution is 2.42. The van der Waals surface area contributed by atoms with E-state index in [9.17, 15) is 0 Å². The molecule has 0 bridgehead atoms. The number of aromatic nitrogens is 5. The molecule has 6 heteroatoms. The average molecular weight is 1100 g/mol. The molecule has 0 aliphatic heterocycles. The molecule has 0 saturated heterocycles. The van der Waals surface area contributed by atoms with Crippen LogP contribution in [0.2, 0.25) is 0 Å². The third-order valence-electron chi connectivity index (χ3n) is 16.5. The van der Waals surface area contributed by atoms with Crippen molar-refractivity contribution in [2.24, 2.45) is 0 Å². The number of hydrogen-bond donors (Lipinski definition) is 0. The average Bonchev–Trinajstić information content (AvgIpc) is 2.07. The summed E-state index contributed by atoms with van der Waals surface area (Å²) in [6.45, 7) is 0. The first-order valence-electron chi connectivity index (χ1n) is 29.1. The summed E-state index contributed by atoms with van der Waals surface area (Å²) in [5, 5.41) is 2.24. The lowest BCUT2D eigenvalue weighted by atomic mass is 9.89.